The van der Waals surface area contributed by atoms with Crippen LogP contribution in [0.1, 0.15) is 37.7 Å². The van der Waals surface area contributed by atoms with E-state index in [0.29, 0.717) is 12.8 Å². The van der Waals surface area contributed by atoms with Crippen LogP contribution in [0.5, 0.6) is 0 Å². The van der Waals surface area contributed by atoms with E-state index in [2.05, 4.69) is 0 Å². The van der Waals surface area contributed by atoms with Gasteiger partial charge in [-0.2, -0.15) is 5.12 Å². The first-order chi connectivity index (χ1) is 10.3. The van der Waals surface area contributed by atoms with Crippen LogP contribution in [-0.4, -0.2) is 22.4 Å². The molecule has 1 atom stereocenters. The summed E-state index contributed by atoms with van der Waals surface area (Å²) in [5, 5.41) is -0.142. The summed E-state index contributed by atoms with van der Waals surface area (Å²) in [5.74, 6) is -2.56. The molecule has 2 fully saturated rings. The highest BCUT2D eigenvalue weighted by Crippen LogP contribution is 2.50. The fraction of sp³-hybridized carbons (Fsp3) is 0.467. The Morgan fingerprint density at radius 1 is 1.09 bits per heavy atom. The molecule has 1 aliphatic heterocycles. The van der Waals surface area contributed by atoms with Crippen LogP contribution in [-0.2, 0) is 15.3 Å². The van der Waals surface area contributed by atoms with Crippen molar-refractivity contribution in [2.75, 3.05) is 0 Å². The highest BCUT2D eigenvalue weighted by molar-refractivity contribution is 6.36. The minimum atomic E-state index is -3.09. The second-order valence-corrected chi connectivity index (χ2v) is 6.63. The van der Waals surface area contributed by atoms with Gasteiger partial charge in [0.15, 0.2) is 0 Å². The van der Waals surface area contributed by atoms with Gasteiger partial charge in [-0.3, -0.25) is 9.59 Å². The number of amides is 1. The summed E-state index contributed by atoms with van der Waals surface area (Å²) < 4.78 is 29.9. The predicted molar refractivity (Wildman–Crippen MR) is 78.0 cm³/mol. The van der Waals surface area contributed by atoms with Crippen molar-refractivity contribution in [3.8, 4) is 0 Å². The molecule has 1 aliphatic carbocycles. The molecule has 1 aromatic rings. The quantitative estimate of drug-likeness (QED) is 0.565. The summed E-state index contributed by atoms with van der Waals surface area (Å²) in [6, 6.07) is 3.71. The van der Waals surface area contributed by atoms with Gasteiger partial charge in [0.2, 0.25) is 5.78 Å². The van der Waals surface area contributed by atoms with E-state index in [1.807, 2.05) is 0 Å². The van der Waals surface area contributed by atoms with Crippen LogP contribution in [0.15, 0.2) is 18.2 Å². The van der Waals surface area contributed by atoms with Gasteiger partial charge in [0.1, 0.15) is 5.54 Å². The average Bonchev–Trinajstić information content (AvgIpc) is 2.63. The van der Waals surface area contributed by atoms with E-state index in [4.69, 9.17) is 23.2 Å². The monoisotopic (exact) mass is 347 g/mol. The van der Waals surface area contributed by atoms with Gasteiger partial charge in [0, 0.05) is 15.6 Å². The normalized spacial score (nSPS) is 27.7. The van der Waals surface area contributed by atoms with E-state index in [0.717, 1.165) is 12.5 Å². The predicted octanol–water partition coefficient (Wildman–Crippen LogP) is 4.16. The molecule has 1 amide bonds. The minimum Gasteiger partial charge on any atom is -0.292 e. The molecule has 1 aromatic carbocycles. The zero-order valence-electron chi connectivity index (χ0n) is 11.5. The van der Waals surface area contributed by atoms with Gasteiger partial charge < -0.3 is 0 Å². The van der Waals surface area contributed by atoms with E-state index in [1.54, 1.807) is 0 Å². The molecule has 2 aliphatic rings. The fourth-order valence-corrected chi connectivity index (χ4v) is 3.94. The standard InChI is InChI=1S/C15H13Cl2F2NO2/c16-9-4-5-10(11(17)8-9)15(18)12(21)14(20(19)13(15)22)6-2-1-3-7-14/h4-5,8H,1-3,6-7H2. The highest BCUT2D eigenvalue weighted by Gasteiger charge is 2.70. The summed E-state index contributed by atoms with van der Waals surface area (Å²) >= 11 is 11.7. The maximum atomic E-state index is 15.4. The smallest absolute Gasteiger partial charge is 0.292 e. The number of Topliss-reactive ketones (excluding diaryl/α,β-unsaturated/α-hetero) is 1. The summed E-state index contributed by atoms with van der Waals surface area (Å²) in [4.78, 5) is 24.9. The third-order valence-corrected chi connectivity index (χ3v) is 5.12. The molecule has 22 heavy (non-hydrogen) atoms. The first kappa shape index (κ1) is 15.7. The number of rotatable bonds is 1. The van der Waals surface area contributed by atoms with Crippen LogP contribution in [0.25, 0.3) is 0 Å². The molecule has 0 aromatic heterocycles. The number of nitrogens with zero attached hydrogens (tertiary/aromatic N) is 1. The van der Waals surface area contributed by atoms with Crippen molar-refractivity contribution in [2.24, 2.45) is 0 Å². The lowest BCUT2D eigenvalue weighted by molar-refractivity contribution is -0.161. The molecule has 1 saturated heterocycles. The summed E-state index contributed by atoms with van der Waals surface area (Å²) in [7, 11) is 0. The maximum Gasteiger partial charge on any atom is 0.301 e. The minimum absolute atomic E-state index is 0.130. The van der Waals surface area contributed by atoms with Crippen molar-refractivity contribution >= 4 is 34.9 Å². The van der Waals surface area contributed by atoms with Crippen molar-refractivity contribution < 1.29 is 18.5 Å². The Morgan fingerprint density at radius 2 is 1.73 bits per heavy atom. The van der Waals surface area contributed by atoms with E-state index >= 15 is 4.39 Å². The first-order valence-electron chi connectivity index (χ1n) is 7.04. The molecule has 7 heteroatoms. The van der Waals surface area contributed by atoms with Gasteiger partial charge in [-0.15, -0.1) is 0 Å². The third kappa shape index (κ3) is 1.91. The Kier molecular flexibility index (Phi) is 3.68. The molecule has 0 N–H and O–H groups in total. The molecular formula is C15H13Cl2F2NO2. The summed E-state index contributed by atoms with van der Waals surface area (Å²) in [5.41, 5.74) is -5.14. The van der Waals surface area contributed by atoms with E-state index < -0.39 is 22.9 Å². The molecule has 0 bridgehead atoms. The lowest BCUT2D eigenvalue weighted by atomic mass is 9.76. The van der Waals surface area contributed by atoms with Gasteiger partial charge in [-0.25, -0.2) is 4.39 Å². The number of carbonyl (C=O) groups is 2. The Balaban J connectivity index is 2.14. The second kappa shape index (κ2) is 5.17. The number of ketones is 1. The Labute approximate surface area is 136 Å². The number of alkyl halides is 1. The Bertz CT molecular complexity index is 661. The fourth-order valence-electron chi connectivity index (χ4n) is 3.40. The molecule has 1 heterocycles. The van der Waals surface area contributed by atoms with Crippen molar-refractivity contribution in [3.63, 3.8) is 0 Å². The van der Waals surface area contributed by atoms with Gasteiger partial charge in [0.25, 0.3) is 5.67 Å². The van der Waals surface area contributed by atoms with Crippen LogP contribution in [0.4, 0.5) is 8.87 Å². The van der Waals surface area contributed by atoms with Crippen molar-refractivity contribution in [1.29, 1.82) is 0 Å². The van der Waals surface area contributed by atoms with Crippen LogP contribution >= 0.6 is 23.2 Å². The zero-order valence-corrected chi connectivity index (χ0v) is 13.1. The lowest BCUT2D eigenvalue weighted by Crippen LogP contribution is -2.48. The number of hydrogen-bond donors (Lipinski definition) is 0. The Morgan fingerprint density at radius 3 is 2.32 bits per heavy atom. The van der Waals surface area contributed by atoms with E-state index in [1.165, 1.54) is 12.1 Å². The van der Waals surface area contributed by atoms with Crippen LogP contribution < -0.4 is 0 Å². The summed E-state index contributed by atoms with van der Waals surface area (Å²) in [6.07, 6.45) is 2.24. The first-order valence-corrected chi connectivity index (χ1v) is 7.79. The molecule has 118 valence electrons. The zero-order chi connectivity index (χ0) is 16.1. The van der Waals surface area contributed by atoms with E-state index in [-0.39, 0.29) is 33.6 Å². The molecule has 3 rings (SSSR count). The molecular weight excluding hydrogens is 335 g/mol. The maximum absolute atomic E-state index is 15.4. The van der Waals surface area contributed by atoms with Gasteiger partial charge >= 0.3 is 5.91 Å². The van der Waals surface area contributed by atoms with Crippen LogP contribution in [0.3, 0.4) is 0 Å². The Hall–Kier alpha value is -1.20. The lowest BCUT2D eigenvalue weighted by Gasteiger charge is -2.33. The van der Waals surface area contributed by atoms with E-state index in [9.17, 15) is 14.1 Å². The average molecular weight is 348 g/mol. The van der Waals surface area contributed by atoms with Crippen molar-refractivity contribution in [2.45, 2.75) is 43.3 Å². The number of benzene rings is 1. The number of halogens is 4. The SMILES string of the molecule is O=C1N(F)C2(CCCCC2)C(=O)C1(F)c1ccc(Cl)cc1Cl. The molecule has 1 saturated carbocycles. The molecule has 3 nitrogen and oxygen atoms in total. The van der Waals surface area contributed by atoms with Crippen LogP contribution in [0.2, 0.25) is 10.0 Å². The largest absolute Gasteiger partial charge is 0.301 e. The molecule has 0 radical (unpaired) electrons. The highest BCUT2D eigenvalue weighted by atomic mass is 35.5. The van der Waals surface area contributed by atoms with Crippen LogP contribution in [0, 0.1) is 0 Å². The van der Waals surface area contributed by atoms with Gasteiger partial charge in [0.05, 0.1) is 0 Å². The van der Waals surface area contributed by atoms with Crippen molar-refractivity contribution in [1.82, 2.24) is 5.12 Å². The van der Waals surface area contributed by atoms with Crippen molar-refractivity contribution in [3.05, 3.63) is 33.8 Å². The topological polar surface area (TPSA) is 37.4 Å². The molecule has 1 unspecified atom stereocenters. The van der Waals surface area contributed by atoms with Gasteiger partial charge in [-0.1, -0.05) is 53.0 Å². The third-order valence-electron chi connectivity index (χ3n) is 4.57. The number of hydrogen-bond acceptors (Lipinski definition) is 2. The van der Waals surface area contributed by atoms with Gasteiger partial charge in [-0.05, 0) is 25.0 Å². The number of carbonyl (C=O) groups excluding carboxylic acids is 2. The second-order valence-electron chi connectivity index (χ2n) is 5.79. The molecule has 1 spiro atoms. The summed E-state index contributed by atoms with van der Waals surface area (Å²) in [6.45, 7) is 0.